The summed E-state index contributed by atoms with van der Waals surface area (Å²) in [5.74, 6) is 0.740. The quantitative estimate of drug-likeness (QED) is 0.788. The van der Waals surface area contributed by atoms with E-state index in [0.717, 1.165) is 35.7 Å². The minimum atomic E-state index is -0.00268. The zero-order valence-electron chi connectivity index (χ0n) is 14.9. The molecule has 132 valence electrons. The molecule has 1 N–H and O–H groups in total. The molecule has 1 aromatic carbocycles. The molecule has 0 saturated heterocycles. The number of carbonyl (C=O) groups is 1. The summed E-state index contributed by atoms with van der Waals surface area (Å²) < 4.78 is 1.85. The maximum Gasteiger partial charge on any atom is 0.259 e. The van der Waals surface area contributed by atoms with E-state index >= 15 is 0 Å². The molecular formula is C20H21N5O. The Morgan fingerprint density at radius 2 is 2.04 bits per heavy atom. The van der Waals surface area contributed by atoms with Gasteiger partial charge in [-0.3, -0.25) is 9.48 Å². The number of aryl methyl sites for hydroxylation is 1. The van der Waals surface area contributed by atoms with E-state index in [1.54, 1.807) is 6.20 Å². The van der Waals surface area contributed by atoms with Gasteiger partial charge >= 0.3 is 0 Å². The van der Waals surface area contributed by atoms with Gasteiger partial charge in [0.1, 0.15) is 5.82 Å². The van der Waals surface area contributed by atoms with Crippen molar-refractivity contribution in [3.63, 3.8) is 0 Å². The minimum absolute atomic E-state index is 0.00268. The first kappa shape index (κ1) is 16.3. The minimum Gasteiger partial charge on any atom is -0.366 e. The third kappa shape index (κ3) is 2.94. The highest BCUT2D eigenvalue weighted by Gasteiger charge is 2.25. The number of fused-ring (bicyclic) bond motifs is 1. The van der Waals surface area contributed by atoms with E-state index in [9.17, 15) is 4.79 Å². The Hall–Kier alpha value is -3.15. The van der Waals surface area contributed by atoms with Gasteiger partial charge in [0, 0.05) is 43.3 Å². The topological polar surface area (TPSA) is 63.1 Å². The van der Waals surface area contributed by atoms with Crippen molar-refractivity contribution in [3.05, 3.63) is 71.2 Å². The fourth-order valence-electron chi connectivity index (χ4n) is 3.23. The predicted octanol–water partition coefficient (Wildman–Crippen LogP) is 2.94. The number of nitrogens with one attached hydrogen (secondary N) is 1. The van der Waals surface area contributed by atoms with Crippen LogP contribution in [0.2, 0.25) is 0 Å². The van der Waals surface area contributed by atoms with Gasteiger partial charge in [0.05, 0.1) is 11.8 Å². The van der Waals surface area contributed by atoms with Crippen molar-refractivity contribution in [2.75, 3.05) is 16.8 Å². The molecule has 6 nitrogen and oxygen atoms in total. The molecule has 0 aliphatic carbocycles. The molecule has 3 heterocycles. The molecule has 0 unspecified atom stereocenters. The van der Waals surface area contributed by atoms with Gasteiger partial charge in [0.2, 0.25) is 0 Å². The summed E-state index contributed by atoms with van der Waals surface area (Å²) in [6.45, 7) is 3.41. The normalized spacial score (nSPS) is 12.9. The number of nitrogens with zero attached hydrogens (tertiary/aromatic N) is 4. The Morgan fingerprint density at radius 1 is 1.19 bits per heavy atom. The molecule has 0 radical (unpaired) electrons. The Labute approximate surface area is 152 Å². The van der Waals surface area contributed by atoms with Crippen LogP contribution in [0.25, 0.3) is 0 Å². The molecule has 6 heteroatoms. The first-order valence-electron chi connectivity index (χ1n) is 8.70. The average Bonchev–Trinajstić information content (AvgIpc) is 3.24. The zero-order chi connectivity index (χ0) is 18.1. The summed E-state index contributed by atoms with van der Waals surface area (Å²) in [6.07, 6.45) is 4.40. The highest BCUT2D eigenvalue weighted by atomic mass is 16.2. The molecule has 0 fully saturated rings. The van der Waals surface area contributed by atoms with Crippen LogP contribution in [0.1, 0.15) is 27.2 Å². The van der Waals surface area contributed by atoms with Gasteiger partial charge in [-0.05, 0) is 37.1 Å². The molecule has 0 bridgehead atoms. The van der Waals surface area contributed by atoms with Gasteiger partial charge < -0.3 is 10.2 Å². The average molecular weight is 347 g/mol. The molecule has 2 aromatic heterocycles. The Balaban J connectivity index is 1.44. The van der Waals surface area contributed by atoms with Crippen molar-refractivity contribution in [1.29, 1.82) is 0 Å². The maximum absolute atomic E-state index is 12.8. The summed E-state index contributed by atoms with van der Waals surface area (Å²) in [5, 5.41) is 7.51. The SMILES string of the molecule is Cc1c(CNc2ccc(C(=O)N3CCc4ccccc43)cn2)cnn1C. The zero-order valence-corrected chi connectivity index (χ0v) is 14.9. The van der Waals surface area contributed by atoms with Gasteiger partial charge in [-0.1, -0.05) is 18.2 Å². The van der Waals surface area contributed by atoms with Crippen LogP contribution >= 0.6 is 0 Å². The molecule has 0 saturated carbocycles. The second-order valence-corrected chi connectivity index (χ2v) is 6.50. The van der Waals surface area contributed by atoms with Crippen LogP contribution in [0.4, 0.5) is 11.5 Å². The molecule has 1 amide bonds. The number of amides is 1. The van der Waals surface area contributed by atoms with Crippen molar-refractivity contribution in [2.45, 2.75) is 19.9 Å². The second-order valence-electron chi connectivity index (χ2n) is 6.50. The molecule has 3 aromatic rings. The molecule has 26 heavy (non-hydrogen) atoms. The predicted molar refractivity (Wildman–Crippen MR) is 101 cm³/mol. The van der Waals surface area contributed by atoms with Crippen LogP contribution < -0.4 is 10.2 Å². The lowest BCUT2D eigenvalue weighted by Gasteiger charge is -2.17. The van der Waals surface area contributed by atoms with Crippen LogP contribution in [-0.2, 0) is 20.0 Å². The van der Waals surface area contributed by atoms with E-state index in [4.69, 9.17) is 0 Å². The number of anilines is 2. The Morgan fingerprint density at radius 3 is 2.77 bits per heavy atom. The van der Waals surface area contributed by atoms with E-state index in [0.29, 0.717) is 12.1 Å². The monoisotopic (exact) mass is 347 g/mol. The molecule has 0 spiro atoms. The van der Waals surface area contributed by atoms with Crippen LogP contribution in [0, 0.1) is 6.92 Å². The van der Waals surface area contributed by atoms with Crippen LogP contribution in [0.5, 0.6) is 0 Å². The largest absolute Gasteiger partial charge is 0.366 e. The van der Waals surface area contributed by atoms with Crippen molar-refractivity contribution in [2.24, 2.45) is 7.05 Å². The second kappa shape index (κ2) is 6.63. The maximum atomic E-state index is 12.8. The molecular weight excluding hydrogens is 326 g/mol. The van der Waals surface area contributed by atoms with E-state index < -0.39 is 0 Å². The number of carbonyl (C=O) groups excluding carboxylic acids is 1. The number of aromatic nitrogens is 3. The first-order valence-corrected chi connectivity index (χ1v) is 8.70. The summed E-state index contributed by atoms with van der Waals surface area (Å²) >= 11 is 0. The highest BCUT2D eigenvalue weighted by Crippen LogP contribution is 2.28. The fraction of sp³-hybridized carbons (Fsp3) is 0.250. The van der Waals surface area contributed by atoms with E-state index in [1.165, 1.54) is 5.56 Å². The first-order chi connectivity index (χ1) is 12.6. The van der Waals surface area contributed by atoms with Crippen molar-refractivity contribution in [1.82, 2.24) is 14.8 Å². The van der Waals surface area contributed by atoms with Gasteiger partial charge in [-0.2, -0.15) is 5.10 Å². The van der Waals surface area contributed by atoms with Gasteiger partial charge in [-0.15, -0.1) is 0 Å². The molecule has 0 atom stereocenters. The summed E-state index contributed by atoms with van der Waals surface area (Å²) in [7, 11) is 1.92. The van der Waals surface area contributed by atoms with E-state index in [1.807, 2.05) is 60.1 Å². The van der Waals surface area contributed by atoms with E-state index in [2.05, 4.69) is 21.5 Å². The number of hydrogen-bond acceptors (Lipinski definition) is 4. The van der Waals surface area contributed by atoms with Crippen LogP contribution in [0.3, 0.4) is 0 Å². The molecule has 1 aliphatic heterocycles. The number of rotatable bonds is 4. The Kier molecular flexibility index (Phi) is 4.16. The molecule has 1 aliphatic rings. The highest BCUT2D eigenvalue weighted by molar-refractivity contribution is 6.07. The number of benzene rings is 1. The van der Waals surface area contributed by atoms with Crippen LogP contribution in [0.15, 0.2) is 48.8 Å². The summed E-state index contributed by atoms with van der Waals surface area (Å²) in [4.78, 5) is 19.0. The summed E-state index contributed by atoms with van der Waals surface area (Å²) in [6, 6.07) is 11.7. The lowest BCUT2D eigenvalue weighted by Crippen LogP contribution is -2.28. The number of para-hydroxylation sites is 1. The summed E-state index contributed by atoms with van der Waals surface area (Å²) in [5.41, 5.74) is 5.08. The van der Waals surface area contributed by atoms with E-state index in [-0.39, 0.29) is 5.91 Å². The smallest absolute Gasteiger partial charge is 0.259 e. The fourth-order valence-corrected chi connectivity index (χ4v) is 3.23. The van der Waals surface area contributed by atoms with Crippen molar-refractivity contribution in [3.8, 4) is 0 Å². The Bertz CT molecular complexity index is 945. The van der Waals surface area contributed by atoms with Crippen molar-refractivity contribution < 1.29 is 4.79 Å². The van der Waals surface area contributed by atoms with Gasteiger partial charge in [0.15, 0.2) is 0 Å². The number of pyridine rings is 1. The third-order valence-corrected chi connectivity index (χ3v) is 4.94. The third-order valence-electron chi connectivity index (χ3n) is 4.94. The lowest BCUT2D eigenvalue weighted by molar-refractivity contribution is 0.0989. The number of hydrogen-bond donors (Lipinski definition) is 1. The lowest BCUT2D eigenvalue weighted by atomic mass is 10.2. The van der Waals surface area contributed by atoms with Crippen LogP contribution in [-0.4, -0.2) is 27.2 Å². The standard InChI is InChI=1S/C20H21N5O/c1-14-17(13-23-24(14)2)12-22-19-8-7-16(11-21-19)20(26)25-10-9-15-5-3-4-6-18(15)25/h3-8,11,13H,9-10,12H2,1-2H3,(H,21,22). The van der Waals surface area contributed by atoms with Crippen molar-refractivity contribution >= 4 is 17.4 Å². The van der Waals surface area contributed by atoms with Gasteiger partial charge in [-0.25, -0.2) is 4.98 Å². The van der Waals surface area contributed by atoms with Gasteiger partial charge in [0.25, 0.3) is 5.91 Å². The molecule has 4 rings (SSSR count).